The minimum Gasteiger partial charge on any atom is -0.465 e. The van der Waals surface area contributed by atoms with Gasteiger partial charge in [0.05, 0.1) is 0 Å². The molecule has 1 aromatic carbocycles. The first kappa shape index (κ1) is 21.4. The highest BCUT2D eigenvalue weighted by Gasteiger charge is 2.39. The Kier molecular flexibility index (Phi) is 7.58. The third-order valence-corrected chi connectivity index (χ3v) is 3.59. The van der Waals surface area contributed by atoms with Crippen molar-refractivity contribution in [3.8, 4) is 5.75 Å². The summed E-state index contributed by atoms with van der Waals surface area (Å²) in [6.45, 7) is 13.6. The van der Waals surface area contributed by atoms with E-state index in [9.17, 15) is 14.7 Å². The van der Waals surface area contributed by atoms with Crippen molar-refractivity contribution in [1.82, 2.24) is 0 Å². The van der Waals surface area contributed by atoms with Crippen molar-refractivity contribution in [3.05, 3.63) is 54.1 Å². The van der Waals surface area contributed by atoms with Crippen molar-refractivity contribution in [1.29, 1.82) is 0 Å². The number of carbonyl (C=O) groups excluding carboxylic acids is 2. The lowest BCUT2D eigenvalue weighted by atomic mass is 10.0. The topological polar surface area (TPSA) is 82.1 Å². The van der Waals surface area contributed by atoms with Gasteiger partial charge in [0.1, 0.15) is 5.75 Å². The maximum absolute atomic E-state index is 12.1. The van der Waals surface area contributed by atoms with Gasteiger partial charge in [-0.2, -0.15) is 0 Å². The Morgan fingerprint density at radius 3 is 1.85 bits per heavy atom. The Morgan fingerprint density at radius 1 is 1.04 bits per heavy atom. The van der Waals surface area contributed by atoms with Crippen LogP contribution in [-0.2, 0) is 24.8 Å². The molecule has 6 nitrogen and oxygen atoms in total. The second-order valence-corrected chi connectivity index (χ2v) is 5.95. The van der Waals surface area contributed by atoms with Crippen LogP contribution in [0.25, 0.3) is 0 Å². The third kappa shape index (κ3) is 5.46. The molecule has 26 heavy (non-hydrogen) atoms. The SMILES string of the molecule is C=C(C)C(=O)OC(CC)(OC(=O)C(=C)C)c1ccc(OC(O)CC)cc1. The highest BCUT2D eigenvalue weighted by molar-refractivity contribution is 5.89. The van der Waals surface area contributed by atoms with Gasteiger partial charge in [0.2, 0.25) is 0 Å². The van der Waals surface area contributed by atoms with Crippen LogP contribution in [0.15, 0.2) is 48.6 Å². The van der Waals surface area contributed by atoms with Gasteiger partial charge < -0.3 is 19.3 Å². The fourth-order valence-electron chi connectivity index (χ4n) is 1.99. The zero-order valence-electron chi connectivity index (χ0n) is 15.7. The zero-order chi connectivity index (χ0) is 19.9. The maximum atomic E-state index is 12.1. The molecule has 0 radical (unpaired) electrons. The van der Waals surface area contributed by atoms with Gasteiger partial charge in [-0.15, -0.1) is 0 Å². The van der Waals surface area contributed by atoms with Gasteiger partial charge in [0.25, 0.3) is 5.79 Å². The Bertz CT molecular complexity index is 646. The first-order valence-corrected chi connectivity index (χ1v) is 8.38. The summed E-state index contributed by atoms with van der Waals surface area (Å²) in [5, 5.41) is 9.57. The Labute approximate surface area is 154 Å². The molecule has 1 N–H and O–H groups in total. The number of benzene rings is 1. The number of aliphatic hydroxyl groups excluding tert-OH is 1. The van der Waals surface area contributed by atoms with Gasteiger partial charge in [-0.05, 0) is 38.1 Å². The van der Waals surface area contributed by atoms with E-state index in [1.54, 1.807) is 38.1 Å². The van der Waals surface area contributed by atoms with Crippen molar-refractivity contribution in [2.45, 2.75) is 52.6 Å². The molecule has 1 unspecified atom stereocenters. The number of carbonyl (C=O) groups is 2. The fourth-order valence-corrected chi connectivity index (χ4v) is 1.99. The highest BCUT2D eigenvalue weighted by Crippen LogP contribution is 2.34. The molecule has 142 valence electrons. The molecule has 0 saturated carbocycles. The summed E-state index contributed by atoms with van der Waals surface area (Å²) in [4.78, 5) is 24.2. The van der Waals surface area contributed by atoms with E-state index in [2.05, 4.69) is 13.2 Å². The van der Waals surface area contributed by atoms with E-state index in [1.165, 1.54) is 13.8 Å². The first-order chi connectivity index (χ1) is 12.1. The van der Waals surface area contributed by atoms with E-state index in [4.69, 9.17) is 14.2 Å². The zero-order valence-corrected chi connectivity index (χ0v) is 15.7. The molecule has 6 heteroatoms. The number of rotatable bonds is 9. The lowest BCUT2D eigenvalue weighted by Gasteiger charge is -2.32. The average molecular weight is 362 g/mol. The molecule has 0 amide bonds. The van der Waals surface area contributed by atoms with Crippen molar-refractivity contribution in [2.24, 2.45) is 0 Å². The van der Waals surface area contributed by atoms with E-state index < -0.39 is 24.0 Å². The summed E-state index contributed by atoms with van der Waals surface area (Å²) < 4.78 is 16.3. The summed E-state index contributed by atoms with van der Waals surface area (Å²) in [5.41, 5.74) is 0.808. The molecule has 0 saturated heterocycles. The van der Waals surface area contributed by atoms with E-state index in [-0.39, 0.29) is 17.6 Å². The molecule has 0 aliphatic rings. The predicted octanol–water partition coefficient (Wildman–Crippen LogP) is 3.60. The second-order valence-electron chi connectivity index (χ2n) is 5.95. The third-order valence-electron chi connectivity index (χ3n) is 3.59. The lowest BCUT2D eigenvalue weighted by molar-refractivity contribution is -0.231. The van der Waals surface area contributed by atoms with Crippen LogP contribution in [0.3, 0.4) is 0 Å². The van der Waals surface area contributed by atoms with Crippen molar-refractivity contribution in [3.63, 3.8) is 0 Å². The Morgan fingerprint density at radius 2 is 1.50 bits per heavy atom. The Hall–Kier alpha value is -2.60. The molecule has 0 aliphatic carbocycles. The van der Waals surface area contributed by atoms with Crippen LogP contribution in [0.2, 0.25) is 0 Å². The fraction of sp³-hybridized carbons (Fsp3) is 0.400. The molecular formula is C20H26O6. The van der Waals surface area contributed by atoms with E-state index >= 15 is 0 Å². The number of aliphatic hydroxyl groups is 1. The molecule has 1 atom stereocenters. The van der Waals surface area contributed by atoms with Gasteiger partial charge >= 0.3 is 11.9 Å². The predicted molar refractivity (Wildman–Crippen MR) is 97.1 cm³/mol. The monoisotopic (exact) mass is 362 g/mol. The van der Waals surface area contributed by atoms with Crippen LogP contribution in [-0.4, -0.2) is 23.3 Å². The van der Waals surface area contributed by atoms with Gasteiger partial charge in [0.15, 0.2) is 6.29 Å². The first-order valence-electron chi connectivity index (χ1n) is 8.38. The molecule has 0 fully saturated rings. The van der Waals surface area contributed by atoms with Crippen molar-refractivity contribution < 1.29 is 28.9 Å². The van der Waals surface area contributed by atoms with E-state index in [0.717, 1.165) is 0 Å². The largest absolute Gasteiger partial charge is 0.465 e. The number of hydrogen-bond acceptors (Lipinski definition) is 6. The number of hydrogen-bond donors (Lipinski definition) is 1. The van der Waals surface area contributed by atoms with E-state index in [0.29, 0.717) is 17.7 Å². The summed E-state index contributed by atoms with van der Waals surface area (Å²) >= 11 is 0. The molecule has 0 bridgehead atoms. The summed E-state index contributed by atoms with van der Waals surface area (Å²) in [6.07, 6.45) is -0.296. The summed E-state index contributed by atoms with van der Waals surface area (Å²) in [6, 6.07) is 6.42. The summed E-state index contributed by atoms with van der Waals surface area (Å²) in [5.74, 6) is -2.54. The Balaban J connectivity index is 3.25. The lowest BCUT2D eigenvalue weighted by Crippen LogP contribution is -2.37. The van der Waals surface area contributed by atoms with Gasteiger partial charge in [-0.3, -0.25) is 0 Å². The van der Waals surface area contributed by atoms with Gasteiger partial charge in [-0.25, -0.2) is 9.59 Å². The quantitative estimate of drug-likeness (QED) is 0.411. The standard InChI is InChI=1S/C20H26O6/c1-7-17(21)24-16-11-9-15(10-12-16)20(8-2,25-18(22)13(3)4)26-19(23)14(5)6/h9-12,17,21H,3,5,7-8H2,1-2,4,6H3. The van der Waals surface area contributed by atoms with Crippen LogP contribution in [0, 0.1) is 0 Å². The van der Waals surface area contributed by atoms with Crippen LogP contribution < -0.4 is 4.74 Å². The minimum atomic E-state index is -1.62. The normalized spacial score (nSPS) is 12.0. The highest BCUT2D eigenvalue weighted by atomic mass is 16.7. The minimum absolute atomic E-state index is 0.181. The molecular weight excluding hydrogens is 336 g/mol. The van der Waals surface area contributed by atoms with E-state index in [1.807, 2.05) is 0 Å². The average Bonchev–Trinajstić information content (AvgIpc) is 2.61. The molecule has 1 rings (SSSR count). The maximum Gasteiger partial charge on any atom is 0.336 e. The van der Waals surface area contributed by atoms with Crippen molar-refractivity contribution >= 4 is 11.9 Å². The molecule has 0 spiro atoms. The van der Waals surface area contributed by atoms with Gasteiger partial charge in [0, 0.05) is 29.6 Å². The van der Waals surface area contributed by atoms with Crippen LogP contribution in [0.1, 0.15) is 46.1 Å². The number of ether oxygens (including phenoxy) is 3. The molecule has 0 aliphatic heterocycles. The molecule has 1 aromatic rings. The van der Waals surface area contributed by atoms with Crippen LogP contribution in [0.4, 0.5) is 0 Å². The smallest absolute Gasteiger partial charge is 0.336 e. The van der Waals surface area contributed by atoms with Gasteiger partial charge in [-0.1, -0.05) is 27.0 Å². The molecule has 0 aromatic heterocycles. The second kappa shape index (κ2) is 9.20. The van der Waals surface area contributed by atoms with Crippen LogP contribution >= 0.6 is 0 Å². The van der Waals surface area contributed by atoms with Crippen LogP contribution in [0.5, 0.6) is 5.75 Å². The molecule has 0 heterocycles. The van der Waals surface area contributed by atoms with Crippen molar-refractivity contribution in [2.75, 3.05) is 0 Å². The number of esters is 2. The summed E-state index contributed by atoms with van der Waals surface area (Å²) in [7, 11) is 0.